The second-order valence-electron chi connectivity index (χ2n) is 6.67. The molecule has 2 aromatic carbocycles. The van der Waals surface area contributed by atoms with Crippen LogP contribution in [0.3, 0.4) is 0 Å². The number of aliphatic hydroxyl groups excluding tert-OH is 1. The molecule has 1 amide bonds. The lowest BCUT2D eigenvalue weighted by Gasteiger charge is -2.15. The number of rotatable bonds is 9. The lowest BCUT2D eigenvalue weighted by Crippen LogP contribution is -2.22. The molecule has 2 rings (SSSR count). The van der Waals surface area contributed by atoms with E-state index in [1.165, 1.54) is 6.07 Å². The van der Waals surface area contributed by atoms with Crippen LogP contribution in [0.25, 0.3) is 0 Å². The summed E-state index contributed by atoms with van der Waals surface area (Å²) >= 11 is 0. The number of carbonyl (C=O) groups is 1. The lowest BCUT2D eigenvalue weighted by molar-refractivity contribution is -0.114. The minimum atomic E-state index is -0.982. The van der Waals surface area contributed by atoms with Gasteiger partial charge >= 0.3 is 0 Å². The number of nitrogens with one attached hydrogen (secondary N) is 3. The van der Waals surface area contributed by atoms with Crippen LogP contribution in [0.5, 0.6) is 0 Å². The van der Waals surface area contributed by atoms with Crippen LogP contribution >= 0.6 is 0 Å². The van der Waals surface area contributed by atoms with E-state index in [9.17, 15) is 18.7 Å². The molecular formula is C21H25F2N3O2. The Balaban J connectivity index is 1.99. The zero-order chi connectivity index (χ0) is 20.7. The van der Waals surface area contributed by atoms with E-state index in [1.54, 1.807) is 0 Å². The maximum Gasteiger partial charge on any atom is 0.243 e. The largest absolute Gasteiger partial charge is 0.396 e. The first-order valence-electron chi connectivity index (χ1n) is 9.10. The average Bonchev–Trinajstić information content (AvgIpc) is 2.66. The maximum atomic E-state index is 13.2. The van der Waals surface area contributed by atoms with Gasteiger partial charge in [-0.3, -0.25) is 4.79 Å². The number of carbonyl (C=O) groups excluding carboxylic acids is 1. The molecule has 5 nitrogen and oxygen atoms in total. The first-order valence-corrected chi connectivity index (χ1v) is 9.10. The molecule has 7 heteroatoms. The number of aliphatic hydroxyl groups is 1. The van der Waals surface area contributed by atoms with Crippen molar-refractivity contribution in [3.05, 3.63) is 59.2 Å². The van der Waals surface area contributed by atoms with Crippen LogP contribution < -0.4 is 10.6 Å². The Morgan fingerprint density at radius 2 is 1.93 bits per heavy atom. The summed E-state index contributed by atoms with van der Waals surface area (Å²) in [6, 6.07) is 8.90. The highest BCUT2D eigenvalue weighted by Crippen LogP contribution is 2.19. The van der Waals surface area contributed by atoms with E-state index in [2.05, 4.69) is 10.6 Å². The third kappa shape index (κ3) is 5.85. The number of amides is 1. The Kier molecular flexibility index (Phi) is 7.63. The molecule has 0 saturated heterocycles. The monoisotopic (exact) mass is 389 g/mol. The van der Waals surface area contributed by atoms with Crippen molar-refractivity contribution in [1.82, 2.24) is 0 Å². The first kappa shape index (κ1) is 21.5. The molecule has 0 aliphatic carbocycles. The van der Waals surface area contributed by atoms with Crippen molar-refractivity contribution >= 4 is 23.0 Å². The van der Waals surface area contributed by atoms with Crippen LogP contribution in [0.15, 0.2) is 36.4 Å². The molecule has 0 unspecified atom stereocenters. The van der Waals surface area contributed by atoms with Gasteiger partial charge in [0.15, 0.2) is 11.6 Å². The van der Waals surface area contributed by atoms with E-state index >= 15 is 0 Å². The van der Waals surface area contributed by atoms with Crippen molar-refractivity contribution in [1.29, 1.82) is 5.41 Å². The van der Waals surface area contributed by atoms with E-state index in [0.717, 1.165) is 23.3 Å². The summed E-state index contributed by atoms with van der Waals surface area (Å²) in [7, 11) is 0. The summed E-state index contributed by atoms with van der Waals surface area (Å²) in [6.45, 7) is 3.62. The zero-order valence-electron chi connectivity index (χ0n) is 16.0. The van der Waals surface area contributed by atoms with Gasteiger partial charge in [0.1, 0.15) is 0 Å². The molecule has 0 aliphatic heterocycles. The highest BCUT2D eigenvalue weighted by atomic mass is 19.2. The Morgan fingerprint density at radius 3 is 2.57 bits per heavy atom. The molecule has 150 valence electrons. The molecule has 4 N–H and O–H groups in total. The normalized spacial score (nSPS) is 11.8. The predicted molar refractivity (Wildman–Crippen MR) is 107 cm³/mol. The molecule has 0 spiro atoms. The molecule has 0 radical (unpaired) electrons. The highest BCUT2D eigenvalue weighted by molar-refractivity contribution is 5.94. The van der Waals surface area contributed by atoms with E-state index < -0.39 is 11.6 Å². The van der Waals surface area contributed by atoms with Gasteiger partial charge in [-0.1, -0.05) is 19.1 Å². The average molecular weight is 389 g/mol. The molecule has 0 fully saturated rings. The molecule has 0 saturated carbocycles. The van der Waals surface area contributed by atoms with Gasteiger partial charge in [-0.2, -0.15) is 0 Å². The molecular weight excluding hydrogens is 364 g/mol. The standard InChI is InChI=1S/C21H25F2N3O2/c1-3-15(12-27)19(24)8-14-5-4-13(2)20(9-14)26-21(28)11-25-16-6-7-17(22)18(23)10-16/h4-7,9-10,15,24-25,27H,3,8,11-12H2,1-2H3,(H,26,28)/t15-/m1/s1. The van der Waals surface area contributed by atoms with Crippen LogP contribution in [0.4, 0.5) is 20.2 Å². The topological polar surface area (TPSA) is 85.2 Å². The number of aryl methyl sites for hydroxylation is 1. The second-order valence-corrected chi connectivity index (χ2v) is 6.67. The molecule has 28 heavy (non-hydrogen) atoms. The summed E-state index contributed by atoms with van der Waals surface area (Å²) < 4.78 is 26.2. The number of anilines is 2. The minimum Gasteiger partial charge on any atom is -0.396 e. The van der Waals surface area contributed by atoms with Gasteiger partial charge in [0, 0.05) is 35.5 Å². The quantitative estimate of drug-likeness (QED) is 0.491. The van der Waals surface area contributed by atoms with Crippen LogP contribution in [-0.4, -0.2) is 29.9 Å². The van der Waals surface area contributed by atoms with Crippen LogP contribution in [-0.2, 0) is 11.2 Å². The zero-order valence-corrected chi connectivity index (χ0v) is 16.0. The molecule has 1 atom stereocenters. The van der Waals surface area contributed by atoms with Crippen LogP contribution in [0, 0.1) is 29.9 Å². The van der Waals surface area contributed by atoms with Crippen molar-refractivity contribution < 1.29 is 18.7 Å². The summed E-state index contributed by atoms with van der Waals surface area (Å²) in [6.07, 6.45) is 1.09. The fourth-order valence-electron chi connectivity index (χ4n) is 2.75. The van der Waals surface area contributed by atoms with Crippen LogP contribution in [0.1, 0.15) is 24.5 Å². The fourth-order valence-corrected chi connectivity index (χ4v) is 2.75. The van der Waals surface area contributed by atoms with E-state index in [-0.39, 0.29) is 25.0 Å². The Morgan fingerprint density at radius 1 is 1.18 bits per heavy atom. The minimum absolute atomic E-state index is 0.0551. The van der Waals surface area contributed by atoms with Gasteiger partial charge in [0.05, 0.1) is 13.2 Å². The van der Waals surface area contributed by atoms with Crippen LogP contribution in [0.2, 0.25) is 0 Å². The van der Waals surface area contributed by atoms with Gasteiger partial charge in [0.25, 0.3) is 0 Å². The summed E-state index contributed by atoms with van der Waals surface area (Å²) in [5.74, 6) is -2.43. The second kappa shape index (κ2) is 9.94. The highest BCUT2D eigenvalue weighted by Gasteiger charge is 2.13. The molecule has 0 aliphatic rings. The van der Waals surface area contributed by atoms with E-state index in [4.69, 9.17) is 5.41 Å². The third-order valence-corrected chi connectivity index (χ3v) is 4.55. The van der Waals surface area contributed by atoms with Gasteiger partial charge in [-0.15, -0.1) is 0 Å². The summed E-state index contributed by atoms with van der Waals surface area (Å²) in [5, 5.41) is 23.0. The van der Waals surface area contributed by atoms with Crippen molar-refractivity contribution in [3.8, 4) is 0 Å². The lowest BCUT2D eigenvalue weighted by atomic mass is 9.95. The Bertz CT molecular complexity index is 852. The van der Waals surface area contributed by atoms with Crippen molar-refractivity contribution in [3.63, 3.8) is 0 Å². The smallest absolute Gasteiger partial charge is 0.243 e. The number of hydrogen-bond acceptors (Lipinski definition) is 4. The van der Waals surface area contributed by atoms with Gasteiger partial charge in [0.2, 0.25) is 5.91 Å². The van der Waals surface area contributed by atoms with Crippen molar-refractivity contribution in [2.75, 3.05) is 23.8 Å². The van der Waals surface area contributed by atoms with Crippen molar-refractivity contribution in [2.45, 2.75) is 26.7 Å². The van der Waals surface area contributed by atoms with Gasteiger partial charge in [-0.25, -0.2) is 8.78 Å². The maximum absolute atomic E-state index is 13.2. The Hall–Kier alpha value is -2.80. The SMILES string of the molecule is CC[C@H](CO)C(=N)Cc1ccc(C)c(NC(=O)CNc2ccc(F)c(F)c2)c1. The first-order chi connectivity index (χ1) is 13.3. The fraction of sp³-hybridized carbons (Fsp3) is 0.333. The third-order valence-electron chi connectivity index (χ3n) is 4.55. The number of benzene rings is 2. The van der Waals surface area contributed by atoms with Gasteiger partial charge in [-0.05, 0) is 42.7 Å². The molecule has 0 aromatic heterocycles. The number of halogens is 2. The molecule has 0 bridgehead atoms. The van der Waals surface area contributed by atoms with Gasteiger partial charge < -0.3 is 21.1 Å². The van der Waals surface area contributed by atoms with E-state index in [1.807, 2.05) is 32.0 Å². The summed E-state index contributed by atoms with van der Waals surface area (Å²) in [5.41, 5.74) is 3.12. The molecule has 0 heterocycles. The Labute approximate surface area is 163 Å². The summed E-state index contributed by atoms with van der Waals surface area (Å²) in [4.78, 5) is 12.2. The van der Waals surface area contributed by atoms with E-state index in [0.29, 0.717) is 29.9 Å². The predicted octanol–water partition coefficient (Wildman–Crippen LogP) is 3.90. The van der Waals surface area contributed by atoms with Crippen molar-refractivity contribution in [2.24, 2.45) is 5.92 Å². The number of hydrogen-bond donors (Lipinski definition) is 4. The molecule has 2 aromatic rings.